The van der Waals surface area contributed by atoms with Crippen LogP contribution in [0.5, 0.6) is 0 Å². The molecule has 0 saturated carbocycles. The van der Waals surface area contributed by atoms with Crippen molar-refractivity contribution in [1.29, 1.82) is 0 Å². The molecule has 182 valence electrons. The third-order valence-electron chi connectivity index (χ3n) is 7.48. The highest BCUT2D eigenvalue weighted by Crippen LogP contribution is 2.32. The van der Waals surface area contributed by atoms with Gasteiger partial charge in [-0.25, -0.2) is 4.39 Å². The SMILES string of the molecule is O=C1CC[C@@](CCC(=O)N2CCN(Cc3cccc(F)c3)CC2)(Cc2cccc3ccccc23)N1. The van der Waals surface area contributed by atoms with Gasteiger partial charge in [0.1, 0.15) is 5.82 Å². The first-order valence-electron chi connectivity index (χ1n) is 12.5. The summed E-state index contributed by atoms with van der Waals surface area (Å²) in [5, 5.41) is 5.63. The van der Waals surface area contributed by atoms with E-state index in [9.17, 15) is 14.0 Å². The number of benzene rings is 3. The lowest BCUT2D eigenvalue weighted by Gasteiger charge is -2.36. The highest BCUT2D eigenvalue weighted by atomic mass is 19.1. The fourth-order valence-corrected chi connectivity index (χ4v) is 5.55. The molecule has 2 aliphatic heterocycles. The van der Waals surface area contributed by atoms with Gasteiger partial charge < -0.3 is 10.2 Å². The maximum Gasteiger partial charge on any atom is 0.222 e. The van der Waals surface area contributed by atoms with Gasteiger partial charge in [-0.2, -0.15) is 0 Å². The van der Waals surface area contributed by atoms with Gasteiger partial charge in [0.05, 0.1) is 0 Å². The second kappa shape index (κ2) is 10.2. The Hall–Kier alpha value is -3.25. The molecule has 0 radical (unpaired) electrons. The predicted molar refractivity (Wildman–Crippen MR) is 135 cm³/mol. The van der Waals surface area contributed by atoms with E-state index in [1.54, 1.807) is 12.1 Å². The number of hydrogen-bond acceptors (Lipinski definition) is 3. The summed E-state index contributed by atoms with van der Waals surface area (Å²) < 4.78 is 13.5. The third kappa shape index (κ3) is 5.54. The molecule has 2 heterocycles. The minimum Gasteiger partial charge on any atom is -0.350 e. The van der Waals surface area contributed by atoms with E-state index in [4.69, 9.17) is 0 Å². The molecule has 0 spiro atoms. The van der Waals surface area contributed by atoms with E-state index in [-0.39, 0.29) is 23.2 Å². The number of hydrogen-bond donors (Lipinski definition) is 1. The van der Waals surface area contributed by atoms with Crippen LogP contribution in [-0.2, 0) is 22.6 Å². The van der Waals surface area contributed by atoms with Crippen LogP contribution in [0, 0.1) is 5.82 Å². The standard InChI is InChI=1S/C29H32FN3O2/c30-25-9-3-5-22(19-25)21-32-15-17-33(18-16-32)28(35)12-14-29(13-11-27(34)31-29)20-24-8-4-7-23-6-1-2-10-26(23)24/h1-10,19H,11-18,20-21H2,(H,31,34)/t29-/m1/s1. The van der Waals surface area contributed by atoms with Crippen molar-refractivity contribution in [1.82, 2.24) is 15.1 Å². The lowest BCUT2D eigenvalue weighted by atomic mass is 9.83. The summed E-state index contributed by atoms with van der Waals surface area (Å²) in [7, 11) is 0. The fourth-order valence-electron chi connectivity index (χ4n) is 5.55. The predicted octanol–water partition coefficient (Wildman–Crippen LogP) is 4.29. The van der Waals surface area contributed by atoms with E-state index in [0.29, 0.717) is 38.9 Å². The molecule has 2 fully saturated rings. The van der Waals surface area contributed by atoms with E-state index < -0.39 is 0 Å². The van der Waals surface area contributed by atoms with Crippen LogP contribution in [0.2, 0.25) is 0 Å². The Bertz CT molecular complexity index is 1220. The van der Waals surface area contributed by atoms with Crippen molar-refractivity contribution in [2.75, 3.05) is 26.2 Å². The molecule has 0 aliphatic carbocycles. The van der Waals surface area contributed by atoms with Gasteiger partial charge >= 0.3 is 0 Å². The van der Waals surface area contributed by atoms with Gasteiger partial charge in [-0.05, 0) is 53.3 Å². The Morgan fingerprint density at radius 2 is 1.74 bits per heavy atom. The number of carbonyl (C=O) groups is 2. The minimum atomic E-state index is -0.379. The second-order valence-corrected chi connectivity index (χ2v) is 9.93. The van der Waals surface area contributed by atoms with Gasteiger partial charge in [-0.1, -0.05) is 54.6 Å². The van der Waals surface area contributed by atoms with E-state index in [1.165, 1.54) is 22.4 Å². The van der Waals surface area contributed by atoms with Gasteiger partial charge in [0.2, 0.25) is 11.8 Å². The van der Waals surface area contributed by atoms with Crippen molar-refractivity contribution in [3.05, 3.63) is 83.7 Å². The summed E-state index contributed by atoms with van der Waals surface area (Å²) >= 11 is 0. The Morgan fingerprint density at radius 3 is 2.51 bits per heavy atom. The van der Waals surface area contributed by atoms with Crippen molar-refractivity contribution in [2.45, 2.75) is 44.2 Å². The summed E-state index contributed by atoms with van der Waals surface area (Å²) in [6.07, 6.45) is 3.06. The van der Waals surface area contributed by atoms with Crippen molar-refractivity contribution < 1.29 is 14.0 Å². The number of carbonyl (C=O) groups excluding carboxylic acids is 2. The molecule has 0 unspecified atom stereocenters. The van der Waals surface area contributed by atoms with Gasteiger partial charge in [-0.15, -0.1) is 0 Å². The van der Waals surface area contributed by atoms with Crippen LogP contribution >= 0.6 is 0 Å². The van der Waals surface area contributed by atoms with Crippen molar-refractivity contribution in [3.8, 4) is 0 Å². The number of amides is 2. The monoisotopic (exact) mass is 473 g/mol. The number of halogens is 1. The number of nitrogens with one attached hydrogen (secondary N) is 1. The summed E-state index contributed by atoms with van der Waals surface area (Å²) in [6.45, 7) is 3.61. The zero-order chi connectivity index (χ0) is 24.3. The van der Waals surface area contributed by atoms with Crippen LogP contribution in [-0.4, -0.2) is 53.3 Å². The second-order valence-electron chi connectivity index (χ2n) is 9.93. The molecular formula is C29H32FN3O2. The van der Waals surface area contributed by atoms with E-state index in [1.807, 2.05) is 23.1 Å². The lowest BCUT2D eigenvalue weighted by Crippen LogP contribution is -2.49. The van der Waals surface area contributed by atoms with Crippen LogP contribution in [0.25, 0.3) is 10.8 Å². The normalized spacial score (nSPS) is 20.8. The molecule has 0 bridgehead atoms. The summed E-state index contributed by atoms with van der Waals surface area (Å²) in [6, 6.07) is 21.3. The molecule has 3 aromatic rings. The first-order valence-corrected chi connectivity index (χ1v) is 12.5. The molecule has 2 saturated heterocycles. The Balaban J connectivity index is 1.19. The van der Waals surface area contributed by atoms with Crippen molar-refractivity contribution in [3.63, 3.8) is 0 Å². The zero-order valence-corrected chi connectivity index (χ0v) is 20.0. The molecule has 1 atom stereocenters. The maximum absolute atomic E-state index is 13.5. The molecule has 0 aromatic heterocycles. The summed E-state index contributed by atoms with van der Waals surface area (Å²) in [4.78, 5) is 29.5. The molecule has 1 N–H and O–H groups in total. The summed E-state index contributed by atoms with van der Waals surface area (Å²) in [5.74, 6) is 0.00486. The van der Waals surface area contributed by atoms with Gasteiger partial charge in [0.25, 0.3) is 0 Å². The quantitative estimate of drug-likeness (QED) is 0.557. The van der Waals surface area contributed by atoms with Crippen LogP contribution < -0.4 is 5.32 Å². The molecule has 2 amide bonds. The lowest BCUT2D eigenvalue weighted by molar-refractivity contribution is -0.133. The van der Waals surface area contributed by atoms with Crippen LogP contribution in [0.3, 0.4) is 0 Å². The first kappa shape index (κ1) is 23.5. The average Bonchev–Trinajstić information content (AvgIpc) is 3.24. The number of piperazine rings is 1. The van der Waals surface area contributed by atoms with Crippen LogP contribution in [0.4, 0.5) is 4.39 Å². The van der Waals surface area contributed by atoms with Gasteiger partial charge in [0.15, 0.2) is 0 Å². The molecule has 5 nitrogen and oxygen atoms in total. The molecule has 35 heavy (non-hydrogen) atoms. The fraction of sp³-hybridized carbons (Fsp3) is 0.379. The third-order valence-corrected chi connectivity index (χ3v) is 7.48. The van der Waals surface area contributed by atoms with Crippen LogP contribution in [0.15, 0.2) is 66.7 Å². The molecule has 6 heteroatoms. The molecule has 2 aliphatic rings. The van der Waals surface area contributed by atoms with Gasteiger partial charge in [0, 0.05) is 51.1 Å². The Morgan fingerprint density at radius 1 is 0.971 bits per heavy atom. The minimum absolute atomic E-state index is 0.0728. The number of rotatable bonds is 7. The summed E-state index contributed by atoms with van der Waals surface area (Å²) in [5.41, 5.74) is 1.79. The number of nitrogens with zero attached hydrogens (tertiary/aromatic N) is 2. The number of fused-ring (bicyclic) bond motifs is 1. The zero-order valence-electron chi connectivity index (χ0n) is 20.0. The smallest absolute Gasteiger partial charge is 0.222 e. The Labute approximate surface area is 205 Å². The topological polar surface area (TPSA) is 52.7 Å². The average molecular weight is 474 g/mol. The van der Waals surface area contributed by atoms with Crippen LogP contribution in [0.1, 0.15) is 36.8 Å². The highest BCUT2D eigenvalue weighted by molar-refractivity contribution is 5.86. The first-order chi connectivity index (χ1) is 17.0. The largest absolute Gasteiger partial charge is 0.350 e. The molecule has 5 rings (SSSR count). The Kier molecular flexibility index (Phi) is 6.82. The van der Waals surface area contributed by atoms with E-state index in [0.717, 1.165) is 31.5 Å². The maximum atomic E-state index is 13.5. The molecule has 3 aromatic carbocycles. The highest BCUT2D eigenvalue weighted by Gasteiger charge is 2.38. The van der Waals surface area contributed by atoms with Crippen molar-refractivity contribution in [2.24, 2.45) is 0 Å². The molecular weight excluding hydrogens is 441 g/mol. The van der Waals surface area contributed by atoms with Gasteiger partial charge in [-0.3, -0.25) is 14.5 Å². The van der Waals surface area contributed by atoms with Crippen molar-refractivity contribution >= 4 is 22.6 Å². The van der Waals surface area contributed by atoms with E-state index >= 15 is 0 Å². The van der Waals surface area contributed by atoms with E-state index in [2.05, 4.69) is 40.5 Å².